The van der Waals surface area contributed by atoms with Crippen molar-refractivity contribution < 1.29 is 13.6 Å². The molecule has 2 nitrogen and oxygen atoms in total. The van der Waals surface area contributed by atoms with Crippen molar-refractivity contribution in [1.82, 2.24) is 5.32 Å². The van der Waals surface area contributed by atoms with Crippen LogP contribution in [0.1, 0.15) is 29.6 Å². The van der Waals surface area contributed by atoms with Gasteiger partial charge in [0.05, 0.1) is 5.56 Å². The highest BCUT2D eigenvalue weighted by molar-refractivity contribution is 6.17. The summed E-state index contributed by atoms with van der Waals surface area (Å²) in [5.74, 6) is -2.14. The van der Waals surface area contributed by atoms with Crippen molar-refractivity contribution in [2.45, 2.75) is 19.3 Å². The lowest BCUT2D eigenvalue weighted by molar-refractivity contribution is 0.0939. The fourth-order valence-electron chi connectivity index (χ4n) is 1.93. The summed E-state index contributed by atoms with van der Waals surface area (Å²) in [6.07, 6.45) is 2.87. The number of hydrogen-bond acceptors (Lipinski definition) is 1. The van der Waals surface area contributed by atoms with Crippen molar-refractivity contribution in [3.63, 3.8) is 0 Å². The number of carbonyl (C=O) groups is 1. The molecule has 98 valence electrons. The van der Waals surface area contributed by atoms with Gasteiger partial charge in [-0.1, -0.05) is 6.07 Å². The molecule has 0 atom stereocenters. The molecule has 0 bridgehead atoms. The average Bonchev–Trinajstić information content (AvgIpc) is 3.11. The van der Waals surface area contributed by atoms with Gasteiger partial charge in [-0.05, 0) is 36.8 Å². The number of amides is 1. The molecule has 1 aromatic rings. The van der Waals surface area contributed by atoms with Crippen molar-refractivity contribution >= 4 is 17.5 Å². The lowest BCUT2D eigenvalue weighted by atomic mass is 10.0. The Balaban J connectivity index is 1.98. The summed E-state index contributed by atoms with van der Waals surface area (Å²) < 4.78 is 26.4. The molecule has 0 unspecified atom stereocenters. The van der Waals surface area contributed by atoms with Gasteiger partial charge in [-0.2, -0.15) is 0 Å². The smallest absolute Gasteiger partial charge is 0.254 e. The van der Waals surface area contributed by atoms with Crippen LogP contribution in [0.5, 0.6) is 0 Å². The number of rotatable bonds is 5. The zero-order valence-corrected chi connectivity index (χ0v) is 10.6. The van der Waals surface area contributed by atoms with E-state index in [1.54, 1.807) is 0 Å². The van der Waals surface area contributed by atoms with Crippen LogP contribution in [0, 0.1) is 17.0 Å². The summed E-state index contributed by atoms with van der Waals surface area (Å²) in [4.78, 5) is 11.7. The van der Waals surface area contributed by atoms with Crippen molar-refractivity contribution in [2.75, 3.05) is 12.4 Å². The van der Waals surface area contributed by atoms with Crippen LogP contribution >= 0.6 is 11.6 Å². The fourth-order valence-corrected chi connectivity index (χ4v) is 2.34. The van der Waals surface area contributed by atoms with E-state index in [9.17, 15) is 13.6 Å². The van der Waals surface area contributed by atoms with Gasteiger partial charge in [-0.3, -0.25) is 4.79 Å². The van der Waals surface area contributed by atoms with Gasteiger partial charge in [0, 0.05) is 12.4 Å². The Labute approximate surface area is 109 Å². The average molecular weight is 274 g/mol. The number of nitrogens with one attached hydrogen (secondary N) is 1. The summed E-state index contributed by atoms with van der Waals surface area (Å²) >= 11 is 5.68. The van der Waals surface area contributed by atoms with Crippen molar-refractivity contribution in [3.05, 3.63) is 35.4 Å². The first-order valence-corrected chi connectivity index (χ1v) is 6.40. The molecule has 1 amide bonds. The van der Waals surface area contributed by atoms with E-state index in [4.69, 9.17) is 11.6 Å². The van der Waals surface area contributed by atoms with Gasteiger partial charge in [-0.15, -0.1) is 11.6 Å². The van der Waals surface area contributed by atoms with Gasteiger partial charge in [0.1, 0.15) is 0 Å². The summed E-state index contributed by atoms with van der Waals surface area (Å²) in [6.45, 7) is 0.467. The summed E-state index contributed by atoms with van der Waals surface area (Å²) in [5.41, 5.74) is -0.182. The van der Waals surface area contributed by atoms with Crippen LogP contribution in [0.15, 0.2) is 18.2 Å². The van der Waals surface area contributed by atoms with Gasteiger partial charge in [0.2, 0.25) is 0 Å². The van der Waals surface area contributed by atoms with Gasteiger partial charge in [0.15, 0.2) is 11.6 Å². The van der Waals surface area contributed by atoms with Gasteiger partial charge < -0.3 is 5.32 Å². The second-order valence-electron chi connectivity index (χ2n) is 4.72. The molecule has 0 aromatic heterocycles. The maximum absolute atomic E-state index is 13.4. The number of carbonyl (C=O) groups excluding carboxylic acids is 1. The van der Waals surface area contributed by atoms with Crippen LogP contribution < -0.4 is 5.32 Å². The highest BCUT2D eigenvalue weighted by atomic mass is 35.5. The first-order valence-electron chi connectivity index (χ1n) is 5.86. The fraction of sp³-hybridized carbons (Fsp3) is 0.462. The van der Waals surface area contributed by atoms with Crippen LogP contribution in [0.2, 0.25) is 0 Å². The Morgan fingerprint density at radius 2 is 2.11 bits per heavy atom. The topological polar surface area (TPSA) is 29.1 Å². The first kappa shape index (κ1) is 13.3. The predicted octanol–water partition coefficient (Wildman–Crippen LogP) is 3.10. The number of hydrogen-bond donors (Lipinski definition) is 1. The summed E-state index contributed by atoms with van der Waals surface area (Å²) in [5, 5.41) is 2.65. The van der Waals surface area contributed by atoms with E-state index in [0.717, 1.165) is 25.3 Å². The molecular formula is C13H14ClF2NO. The monoisotopic (exact) mass is 273 g/mol. The van der Waals surface area contributed by atoms with Crippen LogP contribution in [-0.2, 0) is 0 Å². The second-order valence-corrected chi connectivity index (χ2v) is 5.10. The Morgan fingerprint density at radius 3 is 2.72 bits per heavy atom. The quantitative estimate of drug-likeness (QED) is 0.821. The van der Waals surface area contributed by atoms with E-state index < -0.39 is 17.5 Å². The first-order chi connectivity index (χ1) is 8.58. The highest BCUT2D eigenvalue weighted by Gasteiger charge is 2.41. The maximum Gasteiger partial charge on any atom is 0.254 e. The predicted molar refractivity (Wildman–Crippen MR) is 65.7 cm³/mol. The van der Waals surface area contributed by atoms with Crippen LogP contribution in [-0.4, -0.2) is 18.3 Å². The molecule has 1 aliphatic carbocycles. The highest BCUT2D eigenvalue weighted by Crippen LogP contribution is 2.48. The Kier molecular flexibility index (Phi) is 3.85. The molecule has 1 aromatic carbocycles. The van der Waals surface area contributed by atoms with E-state index in [-0.39, 0.29) is 11.0 Å². The molecule has 1 aliphatic rings. The van der Waals surface area contributed by atoms with E-state index >= 15 is 0 Å². The van der Waals surface area contributed by atoms with E-state index in [2.05, 4.69) is 5.32 Å². The SMILES string of the molecule is O=C(NCC1(CCCl)CC1)c1cccc(F)c1F. The zero-order valence-electron chi connectivity index (χ0n) is 9.81. The molecule has 0 spiro atoms. The van der Waals surface area contributed by atoms with Gasteiger partial charge in [-0.25, -0.2) is 8.78 Å². The summed E-state index contributed by atoms with van der Waals surface area (Å²) in [7, 11) is 0. The molecule has 18 heavy (non-hydrogen) atoms. The second kappa shape index (κ2) is 5.22. The van der Waals surface area contributed by atoms with Crippen molar-refractivity contribution in [1.29, 1.82) is 0 Å². The molecule has 0 radical (unpaired) electrons. The van der Waals surface area contributed by atoms with E-state index in [1.807, 2.05) is 0 Å². The molecule has 1 N–H and O–H groups in total. The van der Waals surface area contributed by atoms with Gasteiger partial charge in [0.25, 0.3) is 5.91 Å². The molecule has 0 aliphatic heterocycles. The number of halogens is 3. The number of benzene rings is 1. The molecular weight excluding hydrogens is 260 g/mol. The molecule has 2 rings (SSSR count). The van der Waals surface area contributed by atoms with Gasteiger partial charge >= 0.3 is 0 Å². The standard InChI is InChI=1S/C13H14ClF2NO/c14-7-6-13(4-5-13)8-17-12(18)9-2-1-3-10(15)11(9)16/h1-3H,4-8H2,(H,17,18). The normalized spacial score (nSPS) is 16.4. The molecule has 5 heteroatoms. The Hall–Kier alpha value is -1.16. The third-order valence-electron chi connectivity index (χ3n) is 3.40. The van der Waals surface area contributed by atoms with Crippen molar-refractivity contribution in [2.24, 2.45) is 5.41 Å². The lowest BCUT2D eigenvalue weighted by Gasteiger charge is -2.14. The van der Waals surface area contributed by atoms with Crippen LogP contribution in [0.3, 0.4) is 0 Å². The molecule has 1 saturated carbocycles. The van der Waals surface area contributed by atoms with Crippen molar-refractivity contribution in [3.8, 4) is 0 Å². The zero-order chi connectivity index (χ0) is 13.2. The largest absolute Gasteiger partial charge is 0.351 e. The molecule has 0 heterocycles. The summed E-state index contributed by atoms with van der Waals surface area (Å²) in [6, 6.07) is 3.58. The third kappa shape index (κ3) is 2.80. The molecule has 1 fully saturated rings. The lowest BCUT2D eigenvalue weighted by Crippen LogP contribution is -2.31. The Bertz CT molecular complexity index is 460. The van der Waals surface area contributed by atoms with Crippen LogP contribution in [0.25, 0.3) is 0 Å². The van der Waals surface area contributed by atoms with E-state index in [0.29, 0.717) is 12.4 Å². The third-order valence-corrected chi connectivity index (χ3v) is 3.59. The number of alkyl halides is 1. The Morgan fingerprint density at radius 1 is 1.39 bits per heavy atom. The van der Waals surface area contributed by atoms with E-state index in [1.165, 1.54) is 12.1 Å². The van der Waals surface area contributed by atoms with Crippen LogP contribution in [0.4, 0.5) is 8.78 Å². The minimum Gasteiger partial charge on any atom is -0.351 e. The maximum atomic E-state index is 13.4. The minimum absolute atomic E-state index is 0.0706. The minimum atomic E-state index is -1.10. The molecule has 0 saturated heterocycles.